The fraction of sp³-hybridized carbons (Fsp3) is 0.714. The summed E-state index contributed by atoms with van der Waals surface area (Å²) in [7, 11) is 0. The van der Waals surface area contributed by atoms with Crippen LogP contribution < -0.4 is 5.32 Å². The first-order chi connectivity index (χ1) is 8.61. The second kappa shape index (κ2) is 4.69. The van der Waals surface area contributed by atoms with Crippen LogP contribution in [0.3, 0.4) is 0 Å². The Kier molecular flexibility index (Phi) is 3.18. The van der Waals surface area contributed by atoms with Gasteiger partial charge in [-0.05, 0) is 50.9 Å². The highest BCUT2D eigenvalue weighted by Gasteiger charge is 2.41. The van der Waals surface area contributed by atoms with Gasteiger partial charge in [0.25, 0.3) is 0 Å². The normalized spacial score (nSPS) is 31.6. The molecule has 98 valence electrons. The van der Waals surface area contributed by atoms with Crippen molar-refractivity contribution >= 4 is 17.4 Å². The number of nitrogens with zero attached hydrogens (tertiary/aromatic N) is 2. The number of hydrogen-bond donors (Lipinski definition) is 1. The molecule has 0 spiro atoms. The smallest absolute Gasteiger partial charge is 0.134 e. The Labute approximate surface area is 113 Å². The summed E-state index contributed by atoms with van der Waals surface area (Å²) in [4.78, 5) is 8.49. The molecule has 4 atom stereocenters. The van der Waals surface area contributed by atoms with Gasteiger partial charge in [-0.1, -0.05) is 18.0 Å². The van der Waals surface area contributed by atoms with Gasteiger partial charge in [-0.15, -0.1) is 0 Å². The third-order valence-corrected chi connectivity index (χ3v) is 4.81. The molecule has 18 heavy (non-hydrogen) atoms. The number of nitrogens with one attached hydrogen (secondary N) is 1. The minimum atomic E-state index is 0.477. The van der Waals surface area contributed by atoms with E-state index in [2.05, 4.69) is 22.2 Å². The Morgan fingerprint density at radius 2 is 2.17 bits per heavy atom. The van der Waals surface area contributed by atoms with E-state index in [4.69, 9.17) is 11.6 Å². The van der Waals surface area contributed by atoms with Crippen molar-refractivity contribution in [3.05, 3.63) is 17.0 Å². The van der Waals surface area contributed by atoms with Gasteiger partial charge >= 0.3 is 0 Å². The van der Waals surface area contributed by atoms with Gasteiger partial charge < -0.3 is 5.32 Å². The van der Waals surface area contributed by atoms with Crippen molar-refractivity contribution in [1.82, 2.24) is 9.97 Å². The van der Waals surface area contributed by atoms with Gasteiger partial charge in [-0.25, -0.2) is 9.97 Å². The maximum absolute atomic E-state index is 5.97. The van der Waals surface area contributed by atoms with E-state index in [1.165, 1.54) is 25.7 Å². The van der Waals surface area contributed by atoms with Gasteiger partial charge in [-0.3, -0.25) is 0 Å². The topological polar surface area (TPSA) is 37.8 Å². The van der Waals surface area contributed by atoms with Crippen LogP contribution in [0, 0.1) is 24.7 Å². The third kappa shape index (κ3) is 2.33. The number of rotatable bonds is 3. The minimum Gasteiger partial charge on any atom is -0.367 e. The zero-order valence-electron chi connectivity index (χ0n) is 11.0. The molecular formula is C14H20ClN3. The van der Waals surface area contributed by atoms with E-state index in [1.54, 1.807) is 0 Å². The first kappa shape index (κ1) is 12.2. The molecule has 0 saturated heterocycles. The molecule has 1 aromatic rings. The lowest BCUT2D eigenvalue weighted by molar-refractivity contribution is 0.304. The van der Waals surface area contributed by atoms with Gasteiger partial charge in [0.1, 0.15) is 16.8 Å². The van der Waals surface area contributed by atoms with Gasteiger partial charge in [0.15, 0.2) is 0 Å². The van der Waals surface area contributed by atoms with Crippen molar-refractivity contribution in [2.75, 3.05) is 5.32 Å². The average molecular weight is 266 g/mol. The SMILES string of the molecule is Cc1nc(Cl)cc(NC(C)C2CC3CCC2C3)n1. The highest BCUT2D eigenvalue weighted by Crippen LogP contribution is 2.49. The molecule has 3 rings (SSSR count). The Morgan fingerprint density at radius 1 is 1.33 bits per heavy atom. The highest BCUT2D eigenvalue weighted by molar-refractivity contribution is 6.29. The molecule has 1 heterocycles. The van der Waals surface area contributed by atoms with Crippen LogP contribution in [0.15, 0.2) is 6.07 Å². The standard InChI is InChI=1S/C14H20ClN3/c1-8(12-6-10-3-4-11(12)5-10)16-14-7-13(15)17-9(2)18-14/h7-8,10-12H,3-6H2,1-2H3,(H,16,17,18). The van der Waals surface area contributed by atoms with Gasteiger partial charge in [0, 0.05) is 12.1 Å². The van der Waals surface area contributed by atoms with Gasteiger partial charge in [0.2, 0.25) is 0 Å². The van der Waals surface area contributed by atoms with E-state index in [9.17, 15) is 0 Å². The van der Waals surface area contributed by atoms with Crippen molar-refractivity contribution in [3.63, 3.8) is 0 Å². The number of halogens is 1. The summed E-state index contributed by atoms with van der Waals surface area (Å²) >= 11 is 5.97. The number of aryl methyl sites for hydroxylation is 1. The van der Waals surface area contributed by atoms with Crippen LogP contribution in [0.4, 0.5) is 5.82 Å². The second-order valence-electron chi connectivity index (χ2n) is 5.89. The quantitative estimate of drug-likeness (QED) is 0.848. The third-order valence-electron chi connectivity index (χ3n) is 4.62. The molecule has 4 unspecified atom stereocenters. The molecule has 0 aliphatic heterocycles. The molecule has 2 saturated carbocycles. The zero-order valence-corrected chi connectivity index (χ0v) is 11.7. The van der Waals surface area contributed by atoms with Crippen LogP contribution in [0.5, 0.6) is 0 Å². The lowest BCUT2D eigenvalue weighted by atomic mass is 9.84. The largest absolute Gasteiger partial charge is 0.367 e. The van der Waals surface area contributed by atoms with Crippen molar-refractivity contribution in [2.45, 2.75) is 45.6 Å². The highest BCUT2D eigenvalue weighted by atomic mass is 35.5. The number of fused-ring (bicyclic) bond motifs is 2. The average Bonchev–Trinajstić information content (AvgIpc) is 2.88. The maximum Gasteiger partial charge on any atom is 0.134 e. The Bertz CT molecular complexity index is 428. The summed E-state index contributed by atoms with van der Waals surface area (Å²) in [5.41, 5.74) is 0. The van der Waals surface area contributed by atoms with Gasteiger partial charge in [0.05, 0.1) is 0 Å². The summed E-state index contributed by atoms with van der Waals surface area (Å²) in [5, 5.41) is 4.03. The van der Waals surface area contributed by atoms with E-state index in [0.29, 0.717) is 11.2 Å². The Morgan fingerprint density at radius 3 is 2.78 bits per heavy atom. The van der Waals surface area contributed by atoms with Crippen molar-refractivity contribution in [3.8, 4) is 0 Å². The van der Waals surface area contributed by atoms with Gasteiger partial charge in [-0.2, -0.15) is 0 Å². The molecule has 0 amide bonds. The molecule has 4 heteroatoms. The predicted octanol–water partition coefficient (Wildman–Crippen LogP) is 3.68. The van der Waals surface area contributed by atoms with Crippen LogP contribution in [0.25, 0.3) is 0 Å². The molecule has 2 bridgehead atoms. The number of hydrogen-bond acceptors (Lipinski definition) is 3. The first-order valence-corrected chi connectivity index (χ1v) is 7.27. The Balaban J connectivity index is 1.68. The molecule has 2 aliphatic carbocycles. The second-order valence-corrected chi connectivity index (χ2v) is 6.28. The maximum atomic E-state index is 5.97. The predicted molar refractivity (Wildman–Crippen MR) is 73.8 cm³/mol. The van der Waals surface area contributed by atoms with Crippen LogP contribution in [0.2, 0.25) is 5.15 Å². The van der Waals surface area contributed by atoms with Crippen LogP contribution in [-0.4, -0.2) is 16.0 Å². The Hall–Kier alpha value is -0.830. The molecule has 3 nitrogen and oxygen atoms in total. The van der Waals surface area contributed by atoms with E-state index < -0.39 is 0 Å². The molecule has 0 radical (unpaired) electrons. The van der Waals surface area contributed by atoms with Crippen LogP contribution in [-0.2, 0) is 0 Å². The zero-order chi connectivity index (χ0) is 12.7. The monoisotopic (exact) mass is 265 g/mol. The fourth-order valence-electron chi connectivity index (χ4n) is 3.85. The molecule has 2 aliphatic rings. The van der Waals surface area contributed by atoms with E-state index in [-0.39, 0.29) is 0 Å². The minimum absolute atomic E-state index is 0.477. The summed E-state index contributed by atoms with van der Waals surface area (Å²) in [6.45, 7) is 4.15. The van der Waals surface area contributed by atoms with Crippen molar-refractivity contribution in [1.29, 1.82) is 0 Å². The van der Waals surface area contributed by atoms with Crippen molar-refractivity contribution < 1.29 is 0 Å². The first-order valence-electron chi connectivity index (χ1n) is 6.89. The molecule has 1 N–H and O–H groups in total. The van der Waals surface area contributed by atoms with Crippen LogP contribution >= 0.6 is 11.6 Å². The van der Waals surface area contributed by atoms with Crippen molar-refractivity contribution in [2.24, 2.45) is 17.8 Å². The van der Waals surface area contributed by atoms with Crippen LogP contribution in [0.1, 0.15) is 38.4 Å². The molecular weight excluding hydrogens is 246 g/mol. The van der Waals surface area contributed by atoms with E-state index in [1.807, 2.05) is 13.0 Å². The summed E-state index contributed by atoms with van der Waals surface area (Å²) in [6, 6.07) is 2.30. The summed E-state index contributed by atoms with van der Waals surface area (Å²) in [6.07, 6.45) is 5.70. The molecule has 1 aromatic heterocycles. The molecule has 0 aromatic carbocycles. The lowest BCUT2D eigenvalue weighted by Gasteiger charge is -2.28. The fourth-order valence-corrected chi connectivity index (χ4v) is 4.08. The number of anilines is 1. The molecule has 2 fully saturated rings. The summed E-state index contributed by atoms with van der Waals surface area (Å²) in [5.74, 6) is 4.31. The van der Waals surface area contributed by atoms with E-state index in [0.717, 1.165) is 29.4 Å². The lowest BCUT2D eigenvalue weighted by Crippen LogP contribution is -2.30. The number of aromatic nitrogens is 2. The summed E-state index contributed by atoms with van der Waals surface area (Å²) < 4.78 is 0. The van der Waals surface area contributed by atoms with E-state index >= 15 is 0 Å².